The largest absolute Gasteiger partial charge is 0.395 e. The summed E-state index contributed by atoms with van der Waals surface area (Å²) >= 11 is 0. The van der Waals surface area contributed by atoms with Gasteiger partial charge in [0.2, 0.25) is 0 Å². The summed E-state index contributed by atoms with van der Waals surface area (Å²) in [5, 5.41) is 16.5. The van der Waals surface area contributed by atoms with Crippen LogP contribution in [0.1, 0.15) is 5.69 Å². The first-order valence-corrected chi connectivity index (χ1v) is 7.74. The fraction of sp³-hybridized carbons (Fsp3) is 0.158. The highest BCUT2D eigenvalue weighted by Gasteiger charge is 2.08. The van der Waals surface area contributed by atoms with Gasteiger partial charge in [0.15, 0.2) is 0 Å². The van der Waals surface area contributed by atoms with Gasteiger partial charge in [-0.15, -0.1) is 0 Å². The third-order valence-corrected chi connectivity index (χ3v) is 4.06. The zero-order valence-electron chi connectivity index (χ0n) is 12.7. The van der Waals surface area contributed by atoms with Gasteiger partial charge in [-0.25, -0.2) is 0 Å². The molecular weight excluding hydrogens is 286 g/mol. The second kappa shape index (κ2) is 5.91. The molecule has 0 aliphatic carbocycles. The molecule has 0 saturated heterocycles. The highest BCUT2D eigenvalue weighted by Crippen LogP contribution is 2.29. The minimum atomic E-state index is 0.130. The van der Waals surface area contributed by atoms with E-state index in [4.69, 9.17) is 10.1 Å². The van der Waals surface area contributed by atoms with Gasteiger partial charge in [0, 0.05) is 35.4 Å². The van der Waals surface area contributed by atoms with Crippen molar-refractivity contribution in [3.63, 3.8) is 0 Å². The molecule has 0 saturated carbocycles. The average molecular weight is 303 g/mol. The lowest BCUT2D eigenvalue weighted by atomic mass is 10.0. The van der Waals surface area contributed by atoms with Gasteiger partial charge in [-0.3, -0.25) is 9.97 Å². The van der Waals surface area contributed by atoms with Gasteiger partial charge in [0.05, 0.1) is 23.3 Å². The summed E-state index contributed by atoms with van der Waals surface area (Å²) in [6.07, 6.45) is 1.83. The number of fused-ring (bicyclic) bond motifs is 5. The zero-order chi connectivity index (χ0) is 15.6. The quantitative estimate of drug-likeness (QED) is 0.449. The molecule has 2 aromatic carbocycles. The second-order valence-electron chi connectivity index (χ2n) is 5.58. The summed E-state index contributed by atoms with van der Waals surface area (Å²) in [6, 6.07) is 16.6. The van der Waals surface area contributed by atoms with E-state index in [-0.39, 0.29) is 6.61 Å². The molecule has 0 aliphatic rings. The molecule has 2 N–H and O–H groups in total. The van der Waals surface area contributed by atoms with Crippen molar-refractivity contribution in [1.29, 1.82) is 0 Å². The molecule has 0 amide bonds. The Balaban J connectivity index is 1.97. The van der Waals surface area contributed by atoms with Crippen LogP contribution in [-0.4, -0.2) is 28.2 Å². The summed E-state index contributed by atoms with van der Waals surface area (Å²) in [7, 11) is 0. The van der Waals surface area contributed by atoms with Gasteiger partial charge in [-0.1, -0.05) is 36.4 Å². The molecule has 23 heavy (non-hydrogen) atoms. The molecule has 4 nitrogen and oxygen atoms in total. The third kappa shape index (κ3) is 2.52. The highest BCUT2D eigenvalue weighted by molar-refractivity contribution is 6.17. The summed E-state index contributed by atoms with van der Waals surface area (Å²) in [5.41, 5.74) is 2.94. The lowest BCUT2D eigenvalue weighted by Crippen LogP contribution is -2.18. The number of hydrogen-bond acceptors (Lipinski definition) is 4. The molecule has 2 heterocycles. The number of aliphatic hydroxyl groups is 1. The molecule has 114 valence electrons. The number of pyridine rings is 2. The molecule has 0 bridgehead atoms. The van der Waals surface area contributed by atoms with E-state index in [1.165, 1.54) is 0 Å². The monoisotopic (exact) mass is 303 g/mol. The van der Waals surface area contributed by atoms with E-state index in [9.17, 15) is 0 Å². The van der Waals surface area contributed by atoms with Gasteiger partial charge in [0.25, 0.3) is 0 Å². The maximum absolute atomic E-state index is 8.88. The van der Waals surface area contributed by atoms with Crippen molar-refractivity contribution in [2.75, 3.05) is 13.2 Å². The van der Waals surface area contributed by atoms with Gasteiger partial charge >= 0.3 is 0 Å². The number of nitrogens with one attached hydrogen (secondary N) is 1. The van der Waals surface area contributed by atoms with E-state index >= 15 is 0 Å². The molecule has 4 aromatic rings. The topological polar surface area (TPSA) is 58.0 Å². The molecule has 0 fully saturated rings. The van der Waals surface area contributed by atoms with Crippen molar-refractivity contribution in [2.24, 2.45) is 0 Å². The van der Waals surface area contributed by atoms with Crippen molar-refractivity contribution in [1.82, 2.24) is 15.3 Å². The molecule has 0 spiro atoms. The number of aliphatic hydroxyl groups excluding tert-OH is 1. The summed E-state index contributed by atoms with van der Waals surface area (Å²) in [4.78, 5) is 9.42. The van der Waals surface area contributed by atoms with Crippen LogP contribution in [0, 0.1) is 0 Å². The maximum Gasteiger partial charge on any atom is 0.0806 e. The van der Waals surface area contributed by atoms with Crippen molar-refractivity contribution in [2.45, 2.75) is 6.54 Å². The first kappa shape index (κ1) is 14.1. The number of aromatic nitrogens is 2. The molecule has 4 heteroatoms. The predicted molar refractivity (Wildman–Crippen MR) is 93.3 cm³/mol. The Labute approximate surface area is 133 Å². The Morgan fingerprint density at radius 1 is 0.870 bits per heavy atom. The van der Waals surface area contributed by atoms with Crippen LogP contribution in [0.5, 0.6) is 0 Å². The molecular formula is C19H17N3O. The van der Waals surface area contributed by atoms with Gasteiger partial charge in [-0.2, -0.15) is 0 Å². The lowest BCUT2D eigenvalue weighted by Gasteiger charge is -2.09. The van der Waals surface area contributed by atoms with E-state index in [0.29, 0.717) is 13.1 Å². The van der Waals surface area contributed by atoms with Crippen LogP contribution in [-0.2, 0) is 6.54 Å². The van der Waals surface area contributed by atoms with E-state index in [1.807, 2.05) is 18.3 Å². The van der Waals surface area contributed by atoms with Crippen molar-refractivity contribution in [3.8, 4) is 0 Å². The smallest absolute Gasteiger partial charge is 0.0806 e. The van der Waals surface area contributed by atoms with Crippen LogP contribution < -0.4 is 5.32 Å². The highest BCUT2D eigenvalue weighted by atomic mass is 16.3. The van der Waals surface area contributed by atoms with Crippen LogP contribution in [0.4, 0.5) is 0 Å². The van der Waals surface area contributed by atoms with E-state index in [2.05, 4.69) is 46.7 Å². The Bertz CT molecular complexity index is 992. The summed E-state index contributed by atoms with van der Waals surface area (Å²) in [6.45, 7) is 1.34. The van der Waals surface area contributed by atoms with Gasteiger partial charge in [-0.05, 0) is 17.5 Å². The fourth-order valence-electron chi connectivity index (χ4n) is 2.97. The first-order valence-electron chi connectivity index (χ1n) is 7.74. The molecule has 2 aromatic heterocycles. The number of hydrogen-bond donors (Lipinski definition) is 2. The number of nitrogens with zero attached hydrogens (tertiary/aromatic N) is 2. The Kier molecular flexibility index (Phi) is 3.61. The van der Waals surface area contributed by atoms with Crippen LogP contribution >= 0.6 is 0 Å². The van der Waals surface area contributed by atoms with Gasteiger partial charge in [0.1, 0.15) is 0 Å². The van der Waals surface area contributed by atoms with Crippen LogP contribution in [0.15, 0.2) is 54.7 Å². The lowest BCUT2D eigenvalue weighted by molar-refractivity contribution is 0.291. The minimum absolute atomic E-state index is 0.130. The minimum Gasteiger partial charge on any atom is -0.395 e. The van der Waals surface area contributed by atoms with Crippen molar-refractivity contribution >= 4 is 32.6 Å². The Hall–Kier alpha value is -2.56. The standard InChI is InChI=1S/C19H17N3O/c23-11-10-20-12-16-8-7-15-6-4-13-3-5-14-2-1-9-21-18(14)17(13)19(15)22-16/h1-9,20,23H,10-12H2. The van der Waals surface area contributed by atoms with E-state index in [1.54, 1.807) is 0 Å². The third-order valence-electron chi connectivity index (χ3n) is 4.06. The average Bonchev–Trinajstić information content (AvgIpc) is 2.61. The second-order valence-corrected chi connectivity index (χ2v) is 5.58. The molecule has 0 radical (unpaired) electrons. The normalized spacial score (nSPS) is 11.5. The molecule has 0 unspecified atom stereocenters. The van der Waals surface area contributed by atoms with Crippen LogP contribution in [0.2, 0.25) is 0 Å². The fourth-order valence-corrected chi connectivity index (χ4v) is 2.97. The number of rotatable bonds is 4. The Morgan fingerprint density at radius 2 is 1.61 bits per heavy atom. The SMILES string of the molecule is OCCNCc1ccc2ccc3ccc4cccnc4c3c2n1. The summed E-state index contributed by atoms with van der Waals surface area (Å²) < 4.78 is 0. The molecule has 0 atom stereocenters. The summed E-state index contributed by atoms with van der Waals surface area (Å²) in [5.74, 6) is 0. The Morgan fingerprint density at radius 3 is 2.43 bits per heavy atom. The number of benzene rings is 2. The van der Waals surface area contributed by atoms with E-state index < -0.39 is 0 Å². The van der Waals surface area contributed by atoms with Crippen molar-refractivity contribution < 1.29 is 5.11 Å². The zero-order valence-corrected chi connectivity index (χ0v) is 12.7. The predicted octanol–water partition coefficient (Wildman–Crippen LogP) is 3.02. The van der Waals surface area contributed by atoms with Crippen molar-refractivity contribution in [3.05, 3.63) is 60.4 Å². The van der Waals surface area contributed by atoms with E-state index in [0.717, 1.165) is 38.3 Å². The van der Waals surface area contributed by atoms with Gasteiger partial charge < -0.3 is 10.4 Å². The van der Waals surface area contributed by atoms with Crippen LogP contribution in [0.25, 0.3) is 32.6 Å². The molecule has 0 aliphatic heterocycles. The first-order chi connectivity index (χ1) is 11.4. The maximum atomic E-state index is 8.88. The van der Waals surface area contributed by atoms with Crippen LogP contribution in [0.3, 0.4) is 0 Å². The molecule has 4 rings (SSSR count).